The van der Waals surface area contributed by atoms with Crippen molar-refractivity contribution in [3.05, 3.63) is 0 Å². The van der Waals surface area contributed by atoms with Gasteiger partial charge in [-0.1, -0.05) is 6.92 Å². The predicted molar refractivity (Wildman–Crippen MR) is 39.3 cm³/mol. The van der Waals surface area contributed by atoms with E-state index in [9.17, 15) is 9.59 Å². The van der Waals surface area contributed by atoms with Crippen molar-refractivity contribution in [3.8, 4) is 6.07 Å². The highest BCUT2D eigenvalue weighted by atomic mass is 16.7. The van der Waals surface area contributed by atoms with Crippen molar-refractivity contribution >= 4 is 11.9 Å². The zero-order chi connectivity index (χ0) is 9.56. The summed E-state index contributed by atoms with van der Waals surface area (Å²) >= 11 is 0. The summed E-state index contributed by atoms with van der Waals surface area (Å²) in [5, 5.41) is 8.40. The third-order valence-electron chi connectivity index (χ3n) is 1.14. The van der Waals surface area contributed by atoms with E-state index in [4.69, 9.17) is 5.26 Å². The van der Waals surface area contributed by atoms with Crippen LogP contribution in [0.15, 0.2) is 0 Å². The normalized spacial score (nSPS) is 11.1. The maximum Gasteiger partial charge on any atom is 0.349 e. The average molecular weight is 170 g/mol. The van der Waals surface area contributed by atoms with E-state index in [1.54, 1.807) is 13.0 Å². The van der Waals surface area contributed by atoms with Crippen LogP contribution in [-0.4, -0.2) is 11.9 Å². The predicted octanol–water partition coefficient (Wildman–Crippen LogP) is 0.130. The molecule has 0 saturated heterocycles. The molecule has 1 amide bonds. The summed E-state index contributed by atoms with van der Waals surface area (Å²) in [6.07, 6.45) is 0.370. The number of hydrogen-bond donors (Lipinski definition) is 1. The molecule has 0 spiro atoms. The maximum atomic E-state index is 10.9. The van der Waals surface area contributed by atoms with Gasteiger partial charge in [-0.2, -0.15) is 10.7 Å². The molecule has 66 valence electrons. The quantitative estimate of drug-likeness (QED) is 0.597. The first-order valence-electron chi connectivity index (χ1n) is 3.48. The fraction of sp³-hybridized carbons (Fsp3) is 0.571. The second-order valence-corrected chi connectivity index (χ2v) is 2.17. The van der Waals surface area contributed by atoms with Crippen LogP contribution in [0.4, 0.5) is 0 Å². The van der Waals surface area contributed by atoms with E-state index in [-0.39, 0.29) is 0 Å². The van der Waals surface area contributed by atoms with E-state index in [1.165, 1.54) is 6.92 Å². The molecule has 5 nitrogen and oxygen atoms in total. The Bertz CT molecular complexity index is 219. The topological polar surface area (TPSA) is 79.2 Å². The minimum absolute atomic E-state index is 0.370. The van der Waals surface area contributed by atoms with Gasteiger partial charge in [0.05, 0.1) is 6.07 Å². The third-order valence-corrected chi connectivity index (χ3v) is 1.14. The Hall–Kier alpha value is -1.57. The van der Waals surface area contributed by atoms with Gasteiger partial charge in [-0.15, -0.1) is 0 Å². The molecule has 0 radical (unpaired) electrons. The van der Waals surface area contributed by atoms with Crippen molar-refractivity contribution in [1.82, 2.24) is 5.48 Å². The number of nitrogens with zero attached hydrogens (tertiary/aromatic N) is 1. The number of hydrogen-bond acceptors (Lipinski definition) is 4. The van der Waals surface area contributed by atoms with Gasteiger partial charge in [-0.05, 0) is 6.42 Å². The Balaban J connectivity index is 3.87. The van der Waals surface area contributed by atoms with E-state index in [0.717, 1.165) is 0 Å². The molecule has 5 heteroatoms. The van der Waals surface area contributed by atoms with Gasteiger partial charge in [0.2, 0.25) is 5.91 Å². The summed E-state index contributed by atoms with van der Waals surface area (Å²) in [7, 11) is 0. The second kappa shape index (κ2) is 5.13. The summed E-state index contributed by atoms with van der Waals surface area (Å²) in [6, 6.07) is 1.75. The van der Waals surface area contributed by atoms with Crippen LogP contribution in [0.5, 0.6) is 0 Å². The highest BCUT2D eigenvalue weighted by Gasteiger charge is 2.17. The molecule has 0 aliphatic carbocycles. The monoisotopic (exact) mass is 170 g/mol. The lowest BCUT2D eigenvalue weighted by atomic mass is 10.1. The molecule has 1 unspecified atom stereocenters. The minimum Gasteiger partial charge on any atom is -0.339 e. The Kier molecular flexibility index (Phi) is 4.46. The lowest BCUT2D eigenvalue weighted by Crippen LogP contribution is -2.28. The minimum atomic E-state index is -0.808. The molecule has 0 fully saturated rings. The molecule has 0 aliphatic heterocycles. The smallest absolute Gasteiger partial charge is 0.339 e. The summed E-state index contributed by atoms with van der Waals surface area (Å²) in [4.78, 5) is 25.4. The zero-order valence-corrected chi connectivity index (χ0v) is 6.96. The molecule has 0 aliphatic rings. The first-order chi connectivity index (χ1) is 5.61. The molecule has 0 aromatic rings. The molecule has 1 N–H and O–H groups in total. The van der Waals surface area contributed by atoms with E-state index in [1.807, 2.05) is 5.48 Å². The number of amides is 1. The van der Waals surface area contributed by atoms with Crippen LogP contribution in [0.3, 0.4) is 0 Å². The number of nitriles is 1. The first-order valence-corrected chi connectivity index (χ1v) is 3.48. The molecule has 0 rings (SSSR count). The summed E-state index contributed by atoms with van der Waals surface area (Å²) in [5.74, 6) is -2.01. The van der Waals surface area contributed by atoms with Crippen molar-refractivity contribution < 1.29 is 14.4 Å². The molecule has 0 aromatic carbocycles. The molecule has 0 heterocycles. The number of rotatable bonds is 2. The van der Waals surface area contributed by atoms with Gasteiger partial charge in [0.15, 0.2) is 0 Å². The van der Waals surface area contributed by atoms with Crippen molar-refractivity contribution in [2.45, 2.75) is 20.3 Å². The molecular weight excluding hydrogens is 160 g/mol. The fourth-order valence-corrected chi connectivity index (χ4v) is 0.504. The number of nitrogens with one attached hydrogen (secondary N) is 1. The van der Waals surface area contributed by atoms with Crippen molar-refractivity contribution in [2.75, 3.05) is 0 Å². The van der Waals surface area contributed by atoms with Gasteiger partial charge in [0, 0.05) is 6.92 Å². The van der Waals surface area contributed by atoms with Crippen LogP contribution < -0.4 is 5.48 Å². The number of carbonyl (C=O) groups is 2. The van der Waals surface area contributed by atoms with Gasteiger partial charge in [0.1, 0.15) is 5.92 Å². The van der Waals surface area contributed by atoms with Crippen LogP contribution in [0.1, 0.15) is 20.3 Å². The third kappa shape index (κ3) is 3.56. The zero-order valence-electron chi connectivity index (χ0n) is 6.96. The lowest BCUT2D eigenvalue weighted by molar-refractivity contribution is -0.160. The molecule has 0 saturated carbocycles. The standard InChI is InChI=1S/C7H10N2O3/c1-3-6(4-8)7(11)12-9-5(2)10/h6H,3H2,1-2H3,(H,9,10). The number of hydroxylamine groups is 1. The van der Waals surface area contributed by atoms with E-state index >= 15 is 0 Å². The van der Waals surface area contributed by atoms with Gasteiger partial charge in [-0.3, -0.25) is 4.79 Å². The van der Waals surface area contributed by atoms with Gasteiger partial charge in [0.25, 0.3) is 0 Å². The van der Waals surface area contributed by atoms with Crippen LogP contribution in [0.2, 0.25) is 0 Å². The Labute approximate surface area is 70.3 Å². The molecule has 12 heavy (non-hydrogen) atoms. The average Bonchev–Trinajstić information content (AvgIpc) is 2.03. The maximum absolute atomic E-state index is 10.9. The largest absolute Gasteiger partial charge is 0.349 e. The fourth-order valence-electron chi connectivity index (χ4n) is 0.504. The highest BCUT2D eigenvalue weighted by molar-refractivity contribution is 5.78. The van der Waals surface area contributed by atoms with E-state index in [2.05, 4.69) is 4.84 Å². The molecule has 0 bridgehead atoms. The van der Waals surface area contributed by atoms with Crippen molar-refractivity contribution in [3.63, 3.8) is 0 Å². The molecule has 0 aromatic heterocycles. The highest BCUT2D eigenvalue weighted by Crippen LogP contribution is 2.01. The molecule has 1 atom stereocenters. The Morgan fingerprint density at radius 2 is 2.25 bits per heavy atom. The number of carbonyl (C=O) groups excluding carboxylic acids is 2. The summed E-state index contributed by atoms with van der Waals surface area (Å²) in [5.41, 5.74) is 1.85. The van der Waals surface area contributed by atoms with E-state index in [0.29, 0.717) is 6.42 Å². The van der Waals surface area contributed by atoms with Crippen LogP contribution in [-0.2, 0) is 14.4 Å². The summed E-state index contributed by atoms with van der Waals surface area (Å²) in [6.45, 7) is 2.89. The van der Waals surface area contributed by atoms with Crippen molar-refractivity contribution in [2.24, 2.45) is 5.92 Å². The first kappa shape index (κ1) is 10.4. The van der Waals surface area contributed by atoms with Crippen LogP contribution in [0.25, 0.3) is 0 Å². The second-order valence-electron chi connectivity index (χ2n) is 2.17. The Morgan fingerprint density at radius 1 is 1.67 bits per heavy atom. The van der Waals surface area contributed by atoms with Gasteiger partial charge < -0.3 is 4.84 Å². The SMILES string of the molecule is CCC(C#N)C(=O)ONC(C)=O. The summed E-state index contributed by atoms with van der Waals surface area (Å²) < 4.78 is 0. The lowest BCUT2D eigenvalue weighted by Gasteiger charge is -2.05. The van der Waals surface area contributed by atoms with Crippen LogP contribution >= 0.6 is 0 Å². The van der Waals surface area contributed by atoms with Crippen LogP contribution in [0, 0.1) is 17.2 Å². The van der Waals surface area contributed by atoms with Crippen molar-refractivity contribution in [1.29, 1.82) is 5.26 Å². The Morgan fingerprint density at radius 3 is 2.58 bits per heavy atom. The van der Waals surface area contributed by atoms with Gasteiger partial charge >= 0.3 is 5.97 Å². The van der Waals surface area contributed by atoms with E-state index < -0.39 is 17.8 Å². The van der Waals surface area contributed by atoms with Gasteiger partial charge in [-0.25, -0.2) is 4.79 Å². The molecular formula is C7H10N2O3.